The van der Waals surface area contributed by atoms with Crippen molar-refractivity contribution in [3.05, 3.63) is 41.7 Å². The standard InChI is InChI=1S/C17H15N5O2S2/c1-9-15(12-4-3-11(26(2)24)5-13(12)23)16-14(25-9)8-18-17(22-16)21-10-6-19-20-7-10/h3-8,23H,1-2H3,(H,19,20)(H,18,21,22). The Bertz CT molecular complexity index is 1120. The molecule has 4 rings (SSSR count). The lowest BCUT2D eigenvalue weighted by atomic mass is 10.0. The Balaban J connectivity index is 1.84. The zero-order valence-corrected chi connectivity index (χ0v) is 15.6. The van der Waals surface area contributed by atoms with Crippen LogP contribution in [-0.2, 0) is 10.8 Å². The first-order chi connectivity index (χ1) is 12.5. The number of nitrogens with one attached hydrogen (secondary N) is 2. The molecule has 0 aliphatic carbocycles. The number of fused-ring (bicyclic) bond motifs is 1. The molecule has 1 atom stereocenters. The Morgan fingerprint density at radius 1 is 1.31 bits per heavy atom. The molecule has 0 bridgehead atoms. The van der Waals surface area contributed by atoms with Crippen LogP contribution < -0.4 is 5.32 Å². The fourth-order valence-corrected chi connectivity index (χ4v) is 4.26. The van der Waals surface area contributed by atoms with Gasteiger partial charge in [0.25, 0.3) is 0 Å². The summed E-state index contributed by atoms with van der Waals surface area (Å²) in [6.45, 7) is 1.98. The van der Waals surface area contributed by atoms with Crippen molar-refractivity contribution in [1.82, 2.24) is 20.2 Å². The number of aromatic nitrogens is 4. The third kappa shape index (κ3) is 2.95. The topological polar surface area (TPSA) is 104 Å². The number of nitrogens with zero attached hydrogens (tertiary/aromatic N) is 3. The monoisotopic (exact) mass is 385 g/mol. The van der Waals surface area contributed by atoms with E-state index in [0.717, 1.165) is 26.3 Å². The number of phenolic OH excluding ortho intramolecular Hbond substituents is 1. The summed E-state index contributed by atoms with van der Waals surface area (Å²) in [6, 6.07) is 5.09. The third-order valence-corrected chi connectivity index (χ3v) is 5.88. The number of aromatic amines is 1. The summed E-state index contributed by atoms with van der Waals surface area (Å²) in [5.41, 5.74) is 3.04. The molecule has 0 aliphatic heterocycles. The van der Waals surface area contributed by atoms with Crippen LogP contribution in [0.1, 0.15) is 4.88 Å². The highest BCUT2D eigenvalue weighted by Crippen LogP contribution is 2.41. The van der Waals surface area contributed by atoms with Crippen molar-refractivity contribution in [2.45, 2.75) is 11.8 Å². The molecule has 132 valence electrons. The average Bonchev–Trinajstić information content (AvgIpc) is 3.22. The number of aryl methyl sites for hydroxylation is 1. The molecule has 3 heterocycles. The molecule has 0 saturated heterocycles. The van der Waals surface area contributed by atoms with Crippen LogP contribution in [0.2, 0.25) is 0 Å². The second kappa shape index (κ2) is 6.50. The fraction of sp³-hybridized carbons (Fsp3) is 0.118. The molecule has 7 nitrogen and oxygen atoms in total. The molecule has 0 aliphatic rings. The average molecular weight is 385 g/mol. The minimum atomic E-state index is -1.15. The van der Waals surface area contributed by atoms with Gasteiger partial charge < -0.3 is 10.4 Å². The molecular formula is C17H15N5O2S2. The maximum atomic E-state index is 11.6. The molecule has 4 aromatic rings. The maximum absolute atomic E-state index is 11.6. The largest absolute Gasteiger partial charge is 0.507 e. The molecule has 9 heteroatoms. The van der Waals surface area contributed by atoms with Crippen molar-refractivity contribution in [3.8, 4) is 16.9 Å². The van der Waals surface area contributed by atoms with Crippen molar-refractivity contribution >= 4 is 44.0 Å². The Labute approximate surface area is 155 Å². The molecule has 3 aromatic heterocycles. The van der Waals surface area contributed by atoms with Crippen LogP contribution in [0.5, 0.6) is 5.75 Å². The number of hydrogen-bond acceptors (Lipinski definition) is 7. The minimum Gasteiger partial charge on any atom is -0.507 e. The van der Waals surface area contributed by atoms with Crippen LogP contribution in [-0.4, -0.2) is 35.7 Å². The van der Waals surface area contributed by atoms with Gasteiger partial charge in [0.2, 0.25) is 5.95 Å². The van der Waals surface area contributed by atoms with Crippen LogP contribution in [0, 0.1) is 6.92 Å². The zero-order valence-electron chi connectivity index (χ0n) is 14.0. The third-order valence-electron chi connectivity index (χ3n) is 3.93. The van der Waals surface area contributed by atoms with Crippen molar-refractivity contribution < 1.29 is 9.32 Å². The van der Waals surface area contributed by atoms with Crippen molar-refractivity contribution in [2.75, 3.05) is 11.6 Å². The number of rotatable bonds is 4. The number of hydrogen-bond donors (Lipinski definition) is 3. The predicted molar refractivity (Wildman–Crippen MR) is 103 cm³/mol. The molecular weight excluding hydrogens is 370 g/mol. The molecule has 26 heavy (non-hydrogen) atoms. The van der Waals surface area contributed by atoms with E-state index in [1.807, 2.05) is 6.92 Å². The van der Waals surface area contributed by atoms with Gasteiger partial charge in [-0.05, 0) is 25.1 Å². The number of aromatic hydroxyl groups is 1. The first-order valence-electron chi connectivity index (χ1n) is 7.71. The van der Waals surface area contributed by atoms with Gasteiger partial charge in [0.05, 0.1) is 28.3 Å². The SMILES string of the molecule is Cc1sc2cnc(Nc3cn[nH]c3)nc2c1-c1ccc(S(C)=O)cc1O. The van der Waals surface area contributed by atoms with Gasteiger partial charge in [-0.3, -0.25) is 9.31 Å². The number of H-pyrrole nitrogens is 1. The summed E-state index contributed by atoms with van der Waals surface area (Å²) in [7, 11) is -1.15. The molecule has 0 saturated carbocycles. The quantitative estimate of drug-likeness (QED) is 0.496. The second-order valence-corrected chi connectivity index (χ2v) is 8.32. The Kier molecular flexibility index (Phi) is 4.17. The highest BCUT2D eigenvalue weighted by molar-refractivity contribution is 7.84. The first kappa shape index (κ1) is 16.7. The van der Waals surface area contributed by atoms with E-state index < -0.39 is 10.8 Å². The molecule has 3 N–H and O–H groups in total. The highest BCUT2D eigenvalue weighted by Gasteiger charge is 2.17. The predicted octanol–water partition coefficient (Wildman–Crippen LogP) is 3.58. The van der Waals surface area contributed by atoms with Gasteiger partial charge in [-0.1, -0.05) is 0 Å². The summed E-state index contributed by atoms with van der Waals surface area (Å²) in [5, 5.41) is 20.2. The lowest BCUT2D eigenvalue weighted by molar-refractivity contribution is 0.475. The van der Waals surface area contributed by atoms with Gasteiger partial charge >= 0.3 is 0 Å². The number of benzene rings is 1. The smallest absolute Gasteiger partial charge is 0.227 e. The molecule has 0 radical (unpaired) electrons. The summed E-state index contributed by atoms with van der Waals surface area (Å²) >= 11 is 1.57. The number of thiophene rings is 1. The summed E-state index contributed by atoms with van der Waals surface area (Å²) < 4.78 is 12.6. The van der Waals surface area contributed by atoms with Crippen molar-refractivity contribution in [3.63, 3.8) is 0 Å². The van der Waals surface area contributed by atoms with E-state index in [4.69, 9.17) is 0 Å². The van der Waals surface area contributed by atoms with E-state index in [1.54, 1.807) is 54.4 Å². The summed E-state index contributed by atoms with van der Waals surface area (Å²) in [5.74, 6) is 0.534. The molecule has 1 unspecified atom stereocenters. The molecule has 0 spiro atoms. The van der Waals surface area contributed by atoms with E-state index in [-0.39, 0.29) is 5.75 Å². The Hall–Kier alpha value is -2.78. The summed E-state index contributed by atoms with van der Waals surface area (Å²) in [4.78, 5) is 10.6. The van der Waals surface area contributed by atoms with Crippen LogP contribution in [0.4, 0.5) is 11.6 Å². The lowest BCUT2D eigenvalue weighted by Gasteiger charge is -2.07. The molecule has 0 amide bonds. The van der Waals surface area contributed by atoms with Crippen LogP contribution >= 0.6 is 11.3 Å². The Morgan fingerprint density at radius 3 is 2.85 bits per heavy atom. The Morgan fingerprint density at radius 2 is 2.15 bits per heavy atom. The van der Waals surface area contributed by atoms with Gasteiger partial charge in [-0.15, -0.1) is 11.3 Å². The highest BCUT2D eigenvalue weighted by atomic mass is 32.2. The first-order valence-corrected chi connectivity index (χ1v) is 10.1. The van der Waals surface area contributed by atoms with Gasteiger partial charge in [0, 0.05) is 44.2 Å². The normalized spacial score (nSPS) is 12.4. The van der Waals surface area contributed by atoms with Crippen LogP contribution in [0.25, 0.3) is 21.3 Å². The van der Waals surface area contributed by atoms with Crippen LogP contribution in [0.15, 0.2) is 41.7 Å². The van der Waals surface area contributed by atoms with E-state index in [1.165, 1.54) is 0 Å². The van der Waals surface area contributed by atoms with Gasteiger partial charge in [0.1, 0.15) is 5.75 Å². The number of anilines is 2. The van der Waals surface area contributed by atoms with E-state index in [2.05, 4.69) is 25.5 Å². The van der Waals surface area contributed by atoms with Crippen LogP contribution in [0.3, 0.4) is 0 Å². The zero-order chi connectivity index (χ0) is 18.3. The fourth-order valence-electron chi connectivity index (χ4n) is 2.73. The van der Waals surface area contributed by atoms with E-state index >= 15 is 0 Å². The van der Waals surface area contributed by atoms with Gasteiger partial charge in [0.15, 0.2) is 0 Å². The lowest BCUT2D eigenvalue weighted by Crippen LogP contribution is -1.96. The summed E-state index contributed by atoms with van der Waals surface area (Å²) in [6.07, 6.45) is 6.70. The minimum absolute atomic E-state index is 0.0865. The van der Waals surface area contributed by atoms with Gasteiger partial charge in [-0.2, -0.15) is 5.10 Å². The number of phenols is 1. The maximum Gasteiger partial charge on any atom is 0.227 e. The molecule has 0 fully saturated rings. The van der Waals surface area contributed by atoms with Crippen molar-refractivity contribution in [1.29, 1.82) is 0 Å². The van der Waals surface area contributed by atoms with E-state index in [0.29, 0.717) is 16.4 Å². The second-order valence-electron chi connectivity index (χ2n) is 5.68. The van der Waals surface area contributed by atoms with E-state index in [9.17, 15) is 9.32 Å². The molecule has 1 aromatic carbocycles. The van der Waals surface area contributed by atoms with Crippen molar-refractivity contribution in [2.24, 2.45) is 0 Å². The van der Waals surface area contributed by atoms with Gasteiger partial charge in [-0.25, -0.2) is 9.97 Å².